The average Bonchev–Trinajstić information content (AvgIpc) is 2.55. The quantitative estimate of drug-likeness (QED) is 0.796. The van der Waals surface area contributed by atoms with E-state index in [0.717, 1.165) is 23.1 Å². The minimum absolute atomic E-state index is 0.220. The lowest BCUT2D eigenvalue weighted by Crippen LogP contribution is -2.03. The highest BCUT2D eigenvalue weighted by atomic mass is 15.1. The number of aryl methyl sites for hydroxylation is 1. The second kappa shape index (κ2) is 5.66. The SMILES string of the molecule is CCc1cnccc1-c1nc(N)nc(-c2ccccc2)n1. The summed E-state index contributed by atoms with van der Waals surface area (Å²) in [6.07, 6.45) is 4.42. The van der Waals surface area contributed by atoms with E-state index in [2.05, 4.69) is 26.9 Å². The smallest absolute Gasteiger partial charge is 0.224 e. The molecule has 5 heteroatoms. The molecular formula is C16H15N5. The number of anilines is 1. The Balaban J connectivity index is 2.14. The van der Waals surface area contributed by atoms with Crippen molar-refractivity contribution in [3.8, 4) is 22.8 Å². The fourth-order valence-electron chi connectivity index (χ4n) is 2.16. The third-order valence-corrected chi connectivity index (χ3v) is 3.21. The summed E-state index contributed by atoms with van der Waals surface area (Å²) in [6.45, 7) is 2.07. The molecule has 0 bridgehead atoms. The molecule has 21 heavy (non-hydrogen) atoms. The highest BCUT2D eigenvalue weighted by Crippen LogP contribution is 2.23. The summed E-state index contributed by atoms with van der Waals surface area (Å²) in [5.74, 6) is 1.38. The van der Waals surface area contributed by atoms with E-state index in [1.165, 1.54) is 0 Å². The summed E-state index contributed by atoms with van der Waals surface area (Å²) in [5, 5.41) is 0. The number of nitrogens with two attached hydrogens (primary N) is 1. The van der Waals surface area contributed by atoms with E-state index >= 15 is 0 Å². The summed E-state index contributed by atoms with van der Waals surface area (Å²) in [6, 6.07) is 11.6. The molecule has 0 unspecified atom stereocenters. The molecule has 0 atom stereocenters. The van der Waals surface area contributed by atoms with E-state index in [-0.39, 0.29) is 5.95 Å². The number of pyridine rings is 1. The van der Waals surface area contributed by atoms with Crippen LogP contribution in [0.5, 0.6) is 0 Å². The van der Waals surface area contributed by atoms with Gasteiger partial charge in [0.15, 0.2) is 11.6 Å². The first-order chi connectivity index (χ1) is 10.3. The summed E-state index contributed by atoms with van der Waals surface area (Å²) in [5.41, 5.74) is 8.79. The molecule has 104 valence electrons. The van der Waals surface area contributed by atoms with Gasteiger partial charge < -0.3 is 5.73 Å². The lowest BCUT2D eigenvalue weighted by molar-refractivity contribution is 1.05. The Kier molecular flexibility index (Phi) is 3.55. The van der Waals surface area contributed by atoms with Gasteiger partial charge in [-0.05, 0) is 18.1 Å². The second-order valence-corrected chi connectivity index (χ2v) is 4.59. The second-order valence-electron chi connectivity index (χ2n) is 4.59. The average molecular weight is 277 g/mol. The lowest BCUT2D eigenvalue weighted by atomic mass is 10.1. The molecule has 5 nitrogen and oxygen atoms in total. The minimum atomic E-state index is 0.220. The molecule has 0 aliphatic heterocycles. The Hall–Kier alpha value is -2.82. The van der Waals surface area contributed by atoms with Gasteiger partial charge in [0.2, 0.25) is 5.95 Å². The van der Waals surface area contributed by atoms with Crippen molar-refractivity contribution >= 4 is 5.95 Å². The van der Waals surface area contributed by atoms with Crippen LogP contribution in [0.3, 0.4) is 0 Å². The van der Waals surface area contributed by atoms with Crippen LogP contribution in [-0.4, -0.2) is 19.9 Å². The van der Waals surface area contributed by atoms with Crippen LogP contribution in [0.1, 0.15) is 12.5 Å². The molecule has 0 amide bonds. The first-order valence-electron chi connectivity index (χ1n) is 6.78. The molecule has 0 spiro atoms. The van der Waals surface area contributed by atoms with Gasteiger partial charge in [-0.25, -0.2) is 4.98 Å². The molecule has 0 saturated carbocycles. The van der Waals surface area contributed by atoms with Crippen molar-refractivity contribution in [2.45, 2.75) is 13.3 Å². The fourth-order valence-corrected chi connectivity index (χ4v) is 2.16. The molecule has 3 rings (SSSR count). The van der Waals surface area contributed by atoms with Gasteiger partial charge >= 0.3 is 0 Å². The first-order valence-corrected chi connectivity index (χ1v) is 6.78. The summed E-state index contributed by atoms with van der Waals surface area (Å²) >= 11 is 0. The van der Waals surface area contributed by atoms with Gasteiger partial charge in [0.1, 0.15) is 0 Å². The van der Waals surface area contributed by atoms with Crippen molar-refractivity contribution in [1.82, 2.24) is 19.9 Å². The Labute approximate surface area is 122 Å². The maximum atomic E-state index is 5.85. The number of benzene rings is 1. The van der Waals surface area contributed by atoms with E-state index in [1.54, 1.807) is 6.20 Å². The van der Waals surface area contributed by atoms with Crippen LogP contribution >= 0.6 is 0 Å². The van der Waals surface area contributed by atoms with Crippen molar-refractivity contribution in [3.05, 3.63) is 54.4 Å². The molecule has 0 fully saturated rings. The largest absolute Gasteiger partial charge is 0.368 e. The Morgan fingerprint density at radius 1 is 0.952 bits per heavy atom. The number of hydrogen-bond acceptors (Lipinski definition) is 5. The summed E-state index contributed by atoms with van der Waals surface area (Å²) < 4.78 is 0. The summed E-state index contributed by atoms with van der Waals surface area (Å²) in [7, 11) is 0. The van der Waals surface area contributed by atoms with E-state index in [9.17, 15) is 0 Å². The van der Waals surface area contributed by atoms with Gasteiger partial charge in [-0.3, -0.25) is 4.98 Å². The predicted molar refractivity (Wildman–Crippen MR) is 82.3 cm³/mol. The van der Waals surface area contributed by atoms with E-state index < -0.39 is 0 Å². The van der Waals surface area contributed by atoms with Crippen LogP contribution < -0.4 is 5.73 Å². The first kappa shape index (κ1) is 13.2. The molecule has 0 radical (unpaired) electrons. The number of aromatic nitrogens is 4. The molecule has 1 aromatic carbocycles. The van der Waals surface area contributed by atoms with Crippen molar-refractivity contribution < 1.29 is 0 Å². The van der Waals surface area contributed by atoms with Crippen molar-refractivity contribution in [1.29, 1.82) is 0 Å². The molecule has 2 heterocycles. The number of nitrogens with zero attached hydrogens (tertiary/aromatic N) is 4. The van der Waals surface area contributed by atoms with E-state index in [4.69, 9.17) is 5.73 Å². The zero-order valence-electron chi connectivity index (χ0n) is 11.7. The topological polar surface area (TPSA) is 77.6 Å². The van der Waals surface area contributed by atoms with Crippen molar-refractivity contribution in [2.24, 2.45) is 0 Å². The van der Waals surface area contributed by atoms with Gasteiger partial charge in [-0.15, -0.1) is 0 Å². The predicted octanol–water partition coefficient (Wildman–Crippen LogP) is 2.75. The van der Waals surface area contributed by atoms with Crippen LogP contribution in [0.4, 0.5) is 5.95 Å². The lowest BCUT2D eigenvalue weighted by Gasteiger charge is -2.08. The molecule has 2 aromatic heterocycles. The maximum absolute atomic E-state index is 5.85. The minimum Gasteiger partial charge on any atom is -0.368 e. The van der Waals surface area contributed by atoms with Gasteiger partial charge in [-0.1, -0.05) is 37.3 Å². The fraction of sp³-hybridized carbons (Fsp3) is 0.125. The van der Waals surface area contributed by atoms with E-state index in [1.807, 2.05) is 42.6 Å². The third-order valence-electron chi connectivity index (χ3n) is 3.21. The van der Waals surface area contributed by atoms with Gasteiger partial charge in [0.25, 0.3) is 0 Å². The third kappa shape index (κ3) is 2.72. The van der Waals surface area contributed by atoms with Crippen molar-refractivity contribution in [3.63, 3.8) is 0 Å². The van der Waals surface area contributed by atoms with Gasteiger partial charge in [0.05, 0.1) is 0 Å². The van der Waals surface area contributed by atoms with E-state index in [0.29, 0.717) is 11.6 Å². The zero-order chi connectivity index (χ0) is 14.7. The summed E-state index contributed by atoms with van der Waals surface area (Å²) in [4.78, 5) is 17.2. The maximum Gasteiger partial charge on any atom is 0.224 e. The van der Waals surface area contributed by atoms with Crippen LogP contribution in [0.25, 0.3) is 22.8 Å². The Bertz CT molecular complexity index is 756. The molecular weight excluding hydrogens is 262 g/mol. The monoisotopic (exact) mass is 277 g/mol. The molecule has 3 aromatic rings. The van der Waals surface area contributed by atoms with Gasteiger partial charge in [-0.2, -0.15) is 9.97 Å². The highest BCUT2D eigenvalue weighted by Gasteiger charge is 2.11. The Morgan fingerprint density at radius 2 is 1.71 bits per heavy atom. The number of nitrogen functional groups attached to an aromatic ring is 1. The Morgan fingerprint density at radius 3 is 2.48 bits per heavy atom. The molecule has 2 N–H and O–H groups in total. The van der Waals surface area contributed by atoms with Crippen LogP contribution in [0.15, 0.2) is 48.8 Å². The zero-order valence-corrected chi connectivity index (χ0v) is 11.7. The number of hydrogen-bond donors (Lipinski definition) is 1. The van der Waals surface area contributed by atoms with Crippen molar-refractivity contribution in [2.75, 3.05) is 5.73 Å². The molecule has 0 saturated heterocycles. The number of rotatable bonds is 3. The van der Waals surface area contributed by atoms with Gasteiger partial charge in [0, 0.05) is 23.5 Å². The van der Waals surface area contributed by atoms with Crippen LogP contribution in [0.2, 0.25) is 0 Å². The molecule has 0 aliphatic carbocycles. The van der Waals surface area contributed by atoms with Crippen LogP contribution in [0, 0.1) is 0 Å². The normalized spacial score (nSPS) is 10.5. The standard InChI is InChI=1S/C16H15N5/c1-2-11-10-18-9-8-13(11)15-19-14(20-16(17)21-15)12-6-4-3-5-7-12/h3-10H,2H2,1H3,(H2,17,19,20,21). The van der Waals surface area contributed by atoms with Crippen LogP contribution in [-0.2, 0) is 6.42 Å². The highest BCUT2D eigenvalue weighted by molar-refractivity contribution is 5.64. The molecule has 0 aliphatic rings.